The standard InChI is InChI=1S/C20H19N3OS3/c24-12-15-10-21-20(26-15)16-9-14-3-1-4-17(19(14)22-16)23(11-13-6-7-13)27-18-5-2-8-25-18/h1-5,8-10,13,22,24H,6-7,11-12H2. The molecule has 4 nitrogen and oxygen atoms in total. The average molecular weight is 414 g/mol. The summed E-state index contributed by atoms with van der Waals surface area (Å²) in [6.07, 6.45) is 4.41. The van der Waals surface area contributed by atoms with E-state index in [1.807, 2.05) is 11.9 Å². The van der Waals surface area contributed by atoms with Crippen molar-refractivity contribution < 1.29 is 5.11 Å². The second-order valence-corrected chi connectivity index (χ2v) is 10.1. The summed E-state index contributed by atoms with van der Waals surface area (Å²) in [6.45, 7) is 1.11. The minimum atomic E-state index is 0.0375. The molecule has 4 aromatic rings. The summed E-state index contributed by atoms with van der Waals surface area (Å²) in [5.41, 5.74) is 3.38. The highest BCUT2D eigenvalue weighted by Crippen LogP contribution is 2.41. The molecule has 5 rings (SSSR count). The number of fused-ring (bicyclic) bond motifs is 1. The molecule has 2 N–H and O–H groups in total. The summed E-state index contributed by atoms with van der Waals surface area (Å²) in [6, 6.07) is 12.9. The van der Waals surface area contributed by atoms with Crippen molar-refractivity contribution in [2.24, 2.45) is 5.92 Å². The maximum absolute atomic E-state index is 9.32. The second-order valence-electron chi connectivity index (χ2n) is 6.74. The molecule has 3 aromatic heterocycles. The molecule has 0 saturated heterocycles. The van der Waals surface area contributed by atoms with Gasteiger partial charge in [-0.1, -0.05) is 18.2 Å². The van der Waals surface area contributed by atoms with E-state index in [2.05, 4.69) is 56.1 Å². The highest BCUT2D eigenvalue weighted by molar-refractivity contribution is 8.02. The van der Waals surface area contributed by atoms with Crippen LogP contribution in [0.1, 0.15) is 17.7 Å². The number of thiophene rings is 1. The van der Waals surface area contributed by atoms with E-state index in [1.54, 1.807) is 17.5 Å². The lowest BCUT2D eigenvalue weighted by Gasteiger charge is -2.23. The van der Waals surface area contributed by atoms with Gasteiger partial charge in [-0.05, 0) is 54.3 Å². The monoisotopic (exact) mass is 413 g/mol. The van der Waals surface area contributed by atoms with Crippen LogP contribution in [-0.4, -0.2) is 21.6 Å². The zero-order chi connectivity index (χ0) is 18.2. The van der Waals surface area contributed by atoms with Crippen LogP contribution >= 0.6 is 34.6 Å². The number of benzene rings is 1. The first kappa shape index (κ1) is 17.3. The summed E-state index contributed by atoms with van der Waals surface area (Å²) in [5, 5.41) is 13.6. The highest BCUT2D eigenvalue weighted by Gasteiger charge is 2.26. The maximum Gasteiger partial charge on any atom is 0.139 e. The van der Waals surface area contributed by atoms with Gasteiger partial charge in [-0.2, -0.15) is 0 Å². The minimum Gasteiger partial charge on any atom is -0.391 e. The van der Waals surface area contributed by atoms with Gasteiger partial charge < -0.3 is 14.4 Å². The number of aliphatic hydroxyl groups is 1. The number of aromatic nitrogens is 2. The van der Waals surface area contributed by atoms with Gasteiger partial charge in [-0.25, -0.2) is 4.98 Å². The van der Waals surface area contributed by atoms with E-state index in [-0.39, 0.29) is 6.61 Å². The number of hydrogen-bond acceptors (Lipinski definition) is 6. The van der Waals surface area contributed by atoms with Gasteiger partial charge in [0.25, 0.3) is 0 Å². The number of thiazole rings is 1. The van der Waals surface area contributed by atoms with E-state index < -0.39 is 0 Å². The van der Waals surface area contributed by atoms with E-state index >= 15 is 0 Å². The number of para-hydroxylation sites is 1. The Morgan fingerprint density at radius 1 is 1.26 bits per heavy atom. The van der Waals surface area contributed by atoms with Crippen molar-refractivity contribution in [2.45, 2.75) is 23.7 Å². The molecule has 138 valence electrons. The Labute approximate surface area is 170 Å². The predicted molar refractivity (Wildman–Crippen MR) is 116 cm³/mol. The topological polar surface area (TPSA) is 52.2 Å². The summed E-state index contributed by atoms with van der Waals surface area (Å²) in [7, 11) is 0. The molecule has 1 saturated carbocycles. The summed E-state index contributed by atoms with van der Waals surface area (Å²) < 4.78 is 3.75. The number of aromatic amines is 1. The number of aliphatic hydroxyl groups excluding tert-OH is 1. The molecular weight excluding hydrogens is 394 g/mol. The molecule has 1 aliphatic rings. The Kier molecular flexibility index (Phi) is 4.69. The Bertz CT molecular complexity index is 1050. The Morgan fingerprint density at radius 2 is 2.19 bits per heavy atom. The second kappa shape index (κ2) is 7.31. The first-order chi connectivity index (χ1) is 13.3. The van der Waals surface area contributed by atoms with Gasteiger partial charge in [-0.3, -0.25) is 0 Å². The molecule has 1 fully saturated rings. The van der Waals surface area contributed by atoms with Crippen LogP contribution in [0.5, 0.6) is 0 Å². The Hall–Kier alpha value is -1.80. The van der Waals surface area contributed by atoms with Crippen molar-refractivity contribution in [3.05, 3.63) is 52.9 Å². The zero-order valence-corrected chi connectivity index (χ0v) is 17.0. The van der Waals surface area contributed by atoms with Crippen molar-refractivity contribution in [3.8, 4) is 10.7 Å². The van der Waals surface area contributed by atoms with Crippen molar-refractivity contribution in [1.82, 2.24) is 9.97 Å². The fraction of sp³-hybridized carbons (Fsp3) is 0.250. The molecule has 1 aromatic carbocycles. The van der Waals surface area contributed by atoms with Gasteiger partial charge in [0.2, 0.25) is 0 Å². The van der Waals surface area contributed by atoms with Crippen LogP contribution in [-0.2, 0) is 6.61 Å². The third kappa shape index (κ3) is 3.65. The summed E-state index contributed by atoms with van der Waals surface area (Å²) in [4.78, 5) is 8.92. The van der Waals surface area contributed by atoms with E-state index in [4.69, 9.17) is 0 Å². The molecule has 27 heavy (non-hydrogen) atoms. The summed E-state index contributed by atoms with van der Waals surface area (Å²) >= 11 is 5.15. The fourth-order valence-electron chi connectivity index (χ4n) is 3.11. The van der Waals surface area contributed by atoms with Gasteiger partial charge in [0.1, 0.15) is 5.01 Å². The quantitative estimate of drug-likeness (QED) is 0.378. The number of rotatable bonds is 7. The molecule has 0 aliphatic heterocycles. The normalized spacial score (nSPS) is 14.1. The van der Waals surface area contributed by atoms with Gasteiger partial charge in [0.05, 0.1) is 32.6 Å². The lowest BCUT2D eigenvalue weighted by molar-refractivity contribution is 0.285. The van der Waals surface area contributed by atoms with Crippen molar-refractivity contribution in [2.75, 3.05) is 10.8 Å². The SMILES string of the molecule is OCc1cnc(-c2cc3cccc(N(CC4CC4)Sc4cccs4)c3[nH]2)s1. The average Bonchev–Trinajstić information content (AvgIpc) is 3.12. The third-order valence-corrected chi connectivity index (χ3v) is 7.73. The molecular formula is C20H19N3OS3. The van der Waals surface area contributed by atoms with Crippen LogP contribution in [0.3, 0.4) is 0 Å². The van der Waals surface area contributed by atoms with Crippen LogP contribution in [0.25, 0.3) is 21.6 Å². The number of hydrogen-bond donors (Lipinski definition) is 2. The first-order valence-electron chi connectivity index (χ1n) is 8.97. The minimum absolute atomic E-state index is 0.0375. The van der Waals surface area contributed by atoms with Crippen LogP contribution in [0.15, 0.2) is 52.2 Å². The molecule has 1 aliphatic carbocycles. The molecule has 0 atom stereocenters. The van der Waals surface area contributed by atoms with Crippen LogP contribution in [0, 0.1) is 5.92 Å². The molecule has 0 amide bonds. The van der Waals surface area contributed by atoms with Gasteiger partial charge in [-0.15, -0.1) is 22.7 Å². The smallest absolute Gasteiger partial charge is 0.139 e. The van der Waals surface area contributed by atoms with Crippen LogP contribution < -0.4 is 4.31 Å². The first-order valence-corrected chi connectivity index (χ1v) is 11.4. The predicted octanol–water partition coefficient (Wildman–Crippen LogP) is 5.77. The van der Waals surface area contributed by atoms with Gasteiger partial charge in [0, 0.05) is 18.1 Å². The maximum atomic E-state index is 9.32. The van der Waals surface area contributed by atoms with Gasteiger partial charge in [0.15, 0.2) is 0 Å². The third-order valence-electron chi connectivity index (χ3n) is 4.66. The molecule has 0 bridgehead atoms. The molecule has 0 unspecified atom stereocenters. The van der Waals surface area contributed by atoms with E-state index in [0.29, 0.717) is 0 Å². The fourth-order valence-corrected chi connectivity index (χ4v) is 5.81. The lowest BCUT2D eigenvalue weighted by Crippen LogP contribution is -2.17. The number of H-pyrrole nitrogens is 1. The largest absolute Gasteiger partial charge is 0.391 e. The van der Waals surface area contributed by atoms with Crippen LogP contribution in [0.2, 0.25) is 0 Å². The Morgan fingerprint density at radius 3 is 2.93 bits per heavy atom. The van der Waals surface area contributed by atoms with E-state index in [0.717, 1.165) is 33.6 Å². The Balaban J connectivity index is 1.54. The number of nitrogens with zero attached hydrogens (tertiary/aromatic N) is 2. The number of anilines is 1. The van der Waals surface area contributed by atoms with E-state index in [9.17, 15) is 5.11 Å². The van der Waals surface area contributed by atoms with Crippen molar-refractivity contribution in [1.29, 1.82) is 0 Å². The molecule has 0 spiro atoms. The van der Waals surface area contributed by atoms with Crippen molar-refractivity contribution >= 4 is 51.2 Å². The van der Waals surface area contributed by atoms with Crippen molar-refractivity contribution in [3.63, 3.8) is 0 Å². The zero-order valence-electron chi connectivity index (χ0n) is 14.6. The molecule has 3 heterocycles. The van der Waals surface area contributed by atoms with Crippen LogP contribution in [0.4, 0.5) is 5.69 Å². The molecule has 7 heteroatoms. The lowest BCUT2D eigenvalue weighted by atomic mass is 10.2. The number of nitrogens with one attached hydrogen (secondary N) is 1. The van der Waals surface area contributed by atoms with Gasteiger partial charge >= 0.3 is 0 Å². The van der Waals surface area contributed by atoms with E-state index in [1.165, 1.54) is 39.5 Å². The summed E-state index contributed by atoms with van der Waals surface area (Å²) in [5.74, 6) is 0.799. The highest BCUT2D eigenvalue weighted by atomic mass is 32.2. The molecule has 0 radical (unpaired) electrons.